The van der Waals surface area contributed by atoms with Gasteiger partial charge in [0.15, 0.2) is 5.78 Å². The normalized spacial score (nSPS) is 16.5. The summed E-state index contributed by atoms with van der Waals surface area (Å²) in [4.78, 5) is 27.9. The van der Waals surface area contributed by atoms with Gasteiger partial charge in [-0.15, -0.1) is 0 Å². The number of Topliss-reactive ketones (excluding diaryl/α,β-unsaturated/α-hetero) is 1. The average Bonchev–Trinajstić information content (AvgIpc) is 2.46. The Labute approximate surface area is 94.4 Å². The third kappa shape index (κ3) is 1.63. The number of aromatic nitrogens is 1. The molecule has 1 fully saturated rings. The van der Waals surface area contributed by atoms with Gasteiger partial charge in [0.1, 0.15) is 0 Å². The predicted molar refractivity (Wildman–Crippen MR) is 58.9 cm³/mol. The van der Waals surface area contributed by atoms with Crippen LogP contribution in [0, 0.1) is 3.57 Å². The molecule has 0 spiro atoms. The summed E-state index contributed by atoms with van der Waals surface area (Å²) in [6.45, 7) is 0.193. The van der Waals surface area contributed by atoms with Gasteiger partial charge in [-0.25, -0.2) is 0 Å². The van der Waals surface area contributed by atoms with E-state index in [0.717, 1.165) is 9.26 Å². The van der Waals surface area contributed by atoms with Gasteiger partial charge in [-0.1, -0.05) is 0 Å². The van der Waals surface area contributed by atoms with Gasteiger partial charge in [0.25, 0.3) is 0 Å². The second kappa shape index (κ2) is 3.64. The third-order valence-electron chi connectivity index (χ3n) is 2.03. The van der Waals surface area contributed by atoms with Crippen LogP contribution in [0.3, 0.4) is 0 Å². The van der Waals surface area contributed by atoms with E-state index in [9.17, 15) is 9.59 Å². The Bertz CT molecular complexity index is 406. The van der Waals surface area contributed by atoms with Crippen molar-refractivity contribution in [2.24, 2.45) is 0 Å². The Morgan fingerprint density at radius 2 is 2.21 bits per heavy atom. The van der Waals surface area contributed by atoms with Crippen LogP contribution < -0.4 is 4.90 Å². The minimum absolute atomic E-state index is 0.0254. The standard InChI is InChI=1S/C9H7IN2O2/c10-7-4-11-2-1-8(7)12-5-6(13)3-9(12)14/h1-2,4H,3,5H2. The lowest BCUT2D eigenvalue weighted by atomic mass is 10.3. The maximum atomic E-state index is 11.4. The van der Waals surface area contributed by atoms with E-state index >= 15 is 0 Å². The first-order chi connectivity index (χ1) is 6.68. The number of rotatable bonds is 1. The van der Waals surface area contributed by atoms with Crippen LogP contribution in [0.2, 0.25) is 0 Å². The SMILES string of the molecule is O=C1CC(=O)N(c2ccncc2I)C1. The Kier molecular flexibility index (Phi) is 2.49. The summed E-state index contributed by atoms with van der Waals surface area (Å²) in [6.07, 6.45) is 3.32. The summed E-state index contributed by atoms with van der Waals surface area (Å²) in [6, 6.07) is 1.75. The van der Waals surface area contributed by atoms with E-state index in [1.165, 1.54) is 4.90 Å². The van der Waals surface area contributed by atoms with Crippen LogP contribution >= 0.6 is 22.6 Å². The maximum Gasteiger partial charge on any atom is 0.234 e. The van der Waals surface area contributed by atoms with Crippen molar-refractivity contribution in [2.45, 2.75) is 6.42 Å². The molecule has 1 aliphatic heterocycles. The largest absolute Gasteiger partial charge is 0.303 e. The van der Waals surface area contributed by atoms with Crippen LogP contribution in [-0.2, 0) is 9.59 Å². The molecule has 1 aliphatic rings. The first-order valence-electron chi connectivity index (χ1n) is 4.10. The van der Waals surface area contributed by atoms with Gasteiger partial charge >= 0.3 is 0 Å². The summed E-state index contributed by atoms with van der Waals surface area (Å²) in [5.41, 5.74) is 0.774. The lowest BCUT2D eigenvalue weighted by Crippen LogP contribution is -2.25. The number of nitrogens with zero attached hydrogens (tertiary/aromatic N) is 2. The topological polar surface area (TPSA) is 50.3 Å². The zero-order valence-corrected chi connectivity index (χ0v) is 9.39. The van der Waals surface area contributed by atoms with Crippen LogP contribution in [0.15, 0.2) is 18.5 Å². The summed E-state index contributed by atoms with van der Waals surface area (Å²) in [7, 11) is 0. The molecule has 0 radical (unpaired) electrons. The minimum atomic E-state index is -0.126. The molecule has 1 aromatic heterocycles. The molecular formula is C9H7IN2O2. The fraction of sp³-hybridized carbons (Fsp3) is 0.222. The molecule has 14 heavy (non-hydrogen) atoms. The van der Waals surface area contributed by atoms with E-state index in [-0.39, 0.29) is 24.7 Å². The number of anilines is 1. The van der Waals surface area contributed by atoms with E-state index in [0.29, 0.717) is 0 Å². The molecule has 0 saturated carbocycles. The number of carbonyl (C=O) groups is 2. The van der Waals surface area contributed by atoms with Crippen LogP contribution in [0.1, 0.15) is 6.42 Å². The molecule has 0 N–H and O–H groups in total. The highest BCUT2D eigenvalue weighted by molar-refractivity contribution is 14.1. The highest BCUT2D eigenvalue weighted by Gasteiger charge is 2.29. The van der Waals surface area contributed by atoms with Gasteiger partial charge < -0.3 is 4.90 Å². The fourth-order valence-corrected chi connectivity index (χ4v) is 2.02. The Morgan fingerprint density at radius 3 is 2.79 bits per heavy atom. The number of halogens is 1. The molecule has 1 aromatic rings. The Balaban J connectivity index is 2.36. The fourth-order valence-electron chi connectivity index (χ4n) is 1.39. The molecular weight excluding hydrogens is 295 g/mol. The average molecular weight is 302 g/mol. The maximum absolute atomic E-state index is 11.4. The van der Waals surface area contributed by atoms with Gasteiger partial charge in [-0.05, 0) is 28.7 Å². The smallest absolute Gasteiger partial charge is 0.234 e. The van der Waals surface area contributed by atoms with Gasteiger partial charge in [-0.3, -0.25) is 14.6 Å². The van der Waals surface area contributed by atoms with Crippen molar-refractivity contribution in [3.63, 3.8) is 0 Å². The predicted octanol–water partition coefficient (Wildman–Crippen LogP) is 0.992. The first-order valence-corrected chi connectivity index (χ1v) is 5.18. The number of amides is 1. The monoisotopic (exact) mass is 302 g/mol. The second-order valence-electron chi connectivity index (χ2n) is 3.02. The highest BCUT2D eigenvalue weighted by Crippen LogP contribution is 2.24. The van der Waals surface area contributed by atoms with Crippen molar-refractivity contribution in [3.05, 3.63) is 22.0 Å². The molecule has 5 heteroatoms. The number of carbonyl (C=O) groups excluding carboxylic acids is 2. The number of hydrogen-bond acceptors (Lipinski definition) is 3. The van der Waals surface area contributed by atoms with E-state index in [1.807, 2.05) is 0 Å². The Hall–Kier alpha value is -0.980. The number of pyridine rings is 1. The first kappa shape index (κ1) is 9.57. The Morgan fingerprint density at radius 1 is 1.43 bits per heavy atom. The molecule has 0 bridgehead atoms. The molecule has 1 amide bonds. The van der Waals surface area contributed by atoms with Crippen LogP contribution in [-0.4, -0.2) is 23.2 Å². The molecule has 1 saturated heterocycles. The zero-order valence-electron chi connectivity index (χ0n) is 7.24. The molecule has 0 unspecified atom stereocenters. The van der Waals surface area contributed by atoms with E-state index in [1.54, 1.807) is 18.5 Å². The molecule has 2 heterocycles. The van der Waals surface area contributed by atoms with Crippen LogP contribution in [0.4, 0.5) is 5.69 Å². The van der Waals surface area contributed by atoms with Gasteiger partial charge in [0.2, 0.25) is 5.91 Å². The zero-order chi connectivity index (χ0) is 10.1. The quantitative estimate of drug-likeness (QED) is 0.574. The van der Waals surface area contributed by atoms with Crippen molar-refractivity contribution >= 4 is 40.0 Å². The summed E-state index contributed by atoms with van der Waals surface area (Å²) in [5, 5.41) is 0. The van der Waals surface area contributed by atoms with Crippen LogP contribution in [0.5, 0.6) is 0 Å². The molecule has 0 aliphatic carbocycles. The van der Waals surface area contributed by atoms with Crippen molar-refractivity contribution in [1.82, 2.24) is 4.98 Å². The lowest BCUT2D eigenvalue weighted by molar-refractivity contribution is -0.121. The molecule has 0 aromatic carbocycles. The summed E-state index contributed by atoms with van der Waals surface area (Å²) < 4.78 is 0.883. The van der Waals surface area contributed by atoms with Crippen molar-refractivity contribution in [2.75, 3.05) is 11.4 Å². The van der Waals surface area contributed by atoms with E-state index in [4.69, 9.17) is 0 Å². The third-order valence-corrected chi connectivity index (χ3v) is 2.86. The molecule has 72 valence electrons. The van der Waals surface area contributed by atoms with Gasteiger partial charge in [0, 0.05) is 12.4 Å². The minimum Gasteiger partial charge on any atom is -0.303 e. The summed E-state index contributed by atoms with van der Waals surface area (Å²) in [5.74, 6) is -0.151. The van der Waals surface area contributed by atoms with Crippen molar-refractivity contribution in [3.8, 4) is 0 Å². The van der Waals surface area contributed by atoms with Crippen molar-refractivity contribution in [1.29, 1.82) is 0 Å². The van der Waals surface area contributed by atoms with Gasteiger partial charge in [0.05, 0.1) is 22.2 Å². The second-order valence-corrected chi connectivity index (χ2v) is 4.18. The van der Waals surface area contributed by atoms with E-state index < -0.39 is 0 Å². The van der Waals surface area contributed by atoms with Crippen LogP contribution in [0.25, 0.3) is 0 Å². The molecule has 2 rings (SSSR count). The number of ketones is 1. The van der Waals surface area contributed by atoms with E-state index in [2.05, 4.69) is 27.6 Å². The van der Waals surface area contributed by atoms with Gasteiger partial charge in [-0.2, -0.15) is 0 Å². The van der Waals surface area contributed by atoms with Crippen molar-refractivity contribution < 1.29 is 9.59 Å². The number of hydrogen-bond donors (Lipinski definition) is 0. The summed E-state index contributed by atoms with van der Waals surface area (Å²) >= 11 is 2.10. The lowest BCUT2D eigenvalue weighted by Gasteiger charge is -2.15. The molecule has 4 nitrogen and oxygen atoms in total. The molecule has 0 atom stereocenters. The highest BCUT2D eigenvalue weighted by atomic mass is 127.